The number of nitrogens with zero attached hydrogens (tertiary/aromatic N) is 7. The number of hydrogen-bond donors (Lipinski definition) is 2. The van der Waals surface area contributed by atoms with Crippen molar-refractivity contribution in [2.45, 2.75) is 39.1 Å². The summed E-state index contributed by atoms with van der Waals surface area (Å²) in [6.07, 6.45) is 0.854. The van der Waals surface area contributed by atoms with Crippen molar-refractivity contribution < 1.29 is 9.84 Å². The zero-order valence-corrected chi connectivity index (χ0v) is 16.8. The van der Waals surface area contributed by atoms with Crippen molar-refractivity contribution in [3.8, 4) is 5.82 Å². The highest BCUT2D eigenvalue weighted by molar-refractivity contribution is 5.67. The molecule has 0 aliphatic rings. The molecule has 3 aromatic heterocycles. The van der Waals surface area contributed by atoms with E-state index in [4.69, 9.17) is 10.5 Å². The van der Waals surface area contributed by atoms with Crippen LogP contribution in [0.3, 0.4) is 0 Å². The number of aliphatic hydroxyl groups excluding tert-OH is 1. The van der Waals surface area contributed by atoms with Crippen LogP contribution < -0.4 is 5.73 Å². The van der Waals surface area contributed by atoms with Gasteiger partial charge in [0, 0.05) is 5.92 Å². The zero-order valence-electron chi connectivity index (χ0n) is 16.8. The molecule has 4 rings (SSSR count). The molecule has 0 aliphatic carbocycles. The van der Waals surface area contributed by atoms with Crippen molar-refractivity contribution in [1.29, 1.82) is 0 Å². The first kappa shape index (κ1) is 19.9. The molecule has 0 amide bonds. The molecule has 0 saturated carbocycles. The van der Waals surface area contributed by atoms with E-state index in [1.165, 1.54) is 6.33 Å². The molecule has 0 bridgehead atoms. The lowest BCUT2D eigenvalue weighted by Gasteiger charge is -2.26. The number of hydrogen-bond acceptors (Lipinski definition) is 8. The molecule has 10 nitrogen and oxygen atoms in total. The molecule has 0 unspecified atom stereocenters. The Balaban J connectivity index is 1.72. The fourth-order valence-corrected chi connectivity index (χ4v) is 3.43. The molecule has 0 fully saturated rings. The van der Waals surface area contributed by atoms with Gasteiger partial charge >= 0.3 is 0 Å². The number of aliphatic hydroxyl groups is 1. The second-order valence-corrected chi connectivity index (χ2v) is 7.13. The van der Waals surface area contributed by atoms with E-state index in [0.717, 1.165) is 5.56 Å². The Labute approximate surface area is 173 Å². The first-order chi connectivity index (χ1) is 14.6. The summed E-state index contributed by atoms with van der Waals surface area (Å²) in [6.45, 7) is 4.22. The highest BCUT2D eigenvalue weighted by atomic mass is 16.5. The number of fused-ring (bicyclic) bond motifs is 1. The van der Waals surface area contributed by atoms with Crippen molar-refractivity contribution in [1.82, 2.24) is 34.8 Å². The molecule has 3 atom stereocenters. The highest BCUT2D eigenvalue weighted by Crippen LogP contribution is 2.30. The highest BCUT2D eigenvalue weighted by Gasteiger charge is 2.31. The van der Waals surface area contributed by atoms with E-state index in [1.54, 1.807) is 15.3 Å². The van der Waals surface area contributed by atoms with Crippen LogP contribution in [-0.2, 0) is 11.3 Å². The molecule has 156 valence electrons. The van der Waals surface area contributed by atoms with Gasteiger partial charge in [0.1, 0.15) is 17.9 Å². The minimum absolute atomic E-state index is 0.241. The summed E-state index contributed by atoms with van der Waals surface area (Å²) in [5, 5.41) is 27.0. The quantitative estimate of drug-likeness (QED) is 0.452. The summed E-state index contributed by atoms with van der Waals surface area (Å²) in [5.74, 6) is 1.20. The second-order valence-electron chi connectivity index (χ2n) is 7.13. The predicted octanol–water partition coefficient (Wildman–Crippen LogP) is 1.95. The van der Waals surface area contributed by atoms with E-state index in [9.17, 15) is 5.11 Å². The van der Waals surface area contributed by atoms with E-state index in [1.807, 2.05) is 50.2 Å². The maximum Gasteiger partial charge on any atom is 0.187 e. The maximum absolute atomic E-state index is 10.5. The first-order valence-electron chi connectivity index (χ1n) is 9.80. The Hall–Kier alpha value is -3.37. The molecule has 3 heterocycles. The number of nitrogen functional groups attached to an aromatic ring is 1. The summed E-state index contributed by atoms with van der Waals surface area (Å²) < 4.78 is 9.43. The van der Waals surface area contributed by atoms with E-state index in [-0.39, 0.29) is 5.92 Å². The molecule has 4 aromatic rings. The van der Waals surface area contributed by atoms with Crippen molar-refractivity contribution >= 4 is 11.3 Å². The minimum atomic E-state index is -0.571. The molecular weight excluding hydrogens is 384 g/mol. The number of anilines is 1. The van der Waals surface area contributed by atoms with Gasteiger partial charge in [-0.05, 0) is 34.5 Å². The molecule has 0 spiro atoms. The fraction of sp³-hybridized carbons (Fsp3) is 0.350. The monoisotopic (exact) mass is 408 g/mol. The Morgan fingerprint density at radius 1 is 1.17 bits per heavy atom. The molecule has 0 saturated heterocycles. The number of aromatic nitrogens is 7. The third-order valence-corrected chi connectivity index (χ3v) is 5.20. The van der Waals surface area contributed by atoms with Crippen molar-refractivity contribution in [3.05, 3.63) is 60.2 Å². The number of rotatable bonds is 8. The summed E-state index contributed by atoms with van der Waals surface area (Å²) in [6, 6.07) is 13.5. The number of nitrogens with two attached hydrogens (primary N) is 1. The molecule has 10 heteroatoms. The van der Waals surface area contributed by atoms with E-state index < -0.39 is 12.2 Å². The number of benzene rings is 1. The third kappa shape index (κ3) is 3.74. The van der Waals surface area contributed by atoms with Crippen molar-refractivity contribution in [2.24, 2.45) is 5.92 Å². The molecule has 0 radical (unpaired) electrons. The van der Waals surface area contributed by atoms with Crippen LogP contribution in [-0.4, -0.2) is 46.0 Å². The average molecular weight is 408 g/mol. The average Bonchev–Trinajstić information content (AvgIpc) is 3.41. The van der Waals surface area contributed by atoms with Crippen LogP contribution >= 0.6 is 0 Å². The summed E-state index contributed by atoms with van der Waals surface area (Å²) in [4.78, 5) is 4.01. The minimum Gasteiger partial charge on any atom is -0.393 e. The van der Waals surface area contributed by atoms with Gasteiger partial charge in [-0.2, -0.15) is 9.78 Å². The van der Waals surface area contributed by atoms with Gasteiger partial charge in [0.05, 0.1) is 12.7 Å². The predicted molar refractivity (Wildman–Crippen MR) is 110 cm³/mol. The van der Waals surface area contributed by atoms with E-state index in [2.05, 4.69) is 25.6 Å². The van der Waals surface area contributed by atoms with Gasteiger partial charge in [-0.15, -0.1) is 5.10 Å². The van der Waals surface area contributed by atoms with Gasteiger partial charge in [-0.25, -0.2) is 9.50 Å². The first-order valence-corrected chi connectivity index (χ1v) is 9.80. The van der Waals surface area contributed by atoms with Gasteiger partial charge in [-0.3, -0.25) is 0 Å². The summed E-state index contributed by atoms with van der Waals surface area (Å²) >= 11 is 0. The Bertz CT molecular complexity index is 1110. The topological polar surface area (TPSA) is 129 Å². The SMILES string of the molecule is CC[C@@H](O)[C@@H](C)[C@@H](OCc1ccccc1)c1nnnn1-c1ccc2c(N)ncnn12. The van der Waals surface area contributed by atoms with Gasteiger partial charge in [0.15, 0.2) is 17.5 Å². The lowest BCUT2D eigenvalue weighted by atomic mass is 9.95. The van der Waals surface area contributed by atoms with Crippen LogP contribution in [0.2, 0.25) is 0 Å². The number of tetrazole rings is 1. The Kier molecular flexibility index (Phi) is 5.68. The third-order valence-electron chi connectivity index (χ3n) is 5.20. The molecule has 3 N–H and O–H groups in total. The Morgan fingerprint density at radius 2 is 1.97 bits per heavy atom. The van der Waals surface area contributed by atoms with E-state index >= 15 is 0 Å². The van der Waals surface area contributed by atoms with Crippen molar-refractivity contribution in [3.63, 3.8) is 0 Å². The fourth-order valence-electron chi connectivity index (χ4n) is 3.43. The maximum atomic E-state index is 10.5. The summed E-state index contributed by atoms with van der Waals surface area (Å²) in [7, 11) is 0. The smallest absolute Gasteiger partial charge is 0.187 e. The summed E-state index contributed by atoms with van der Waals surface area (Å²) in [5.41, 5.74) is 7.62. The normalized spacial score (nSPS) is 14.6. The second kappa shape index (κ2) is 8.56. The Morgan fingerprint density at radius 3 is 2.73 bits per heavy atom. The number of ether oxygens (including phenoxy) is 1. The van der Waals surface area contributed by atoms with Gasteiger partial charge in [0.2, 0.25) is 0 Å². The van der Waals surface area contributed by atoms with Gasteiger partial charge in [0.25, 0.3) is 0 Å². The molecular formula is C20H24N8O2. The molecule has 1 aromatic carbocycles. The lowest BCUT2D eigenvalue weighted by molar-refractivity contribution is -0.0467. The van der Waals surface area contributed by atoms with Crippen LogP contribution in [0.5, 0.6) is 0 Å². The van der Waals surface area contributed by atoms with Gasteiger partial charge < -0.3 is 15.6 Å². The van der Waals surface area contributed by atoms with Crippen molar-refractivity contribution in [2.75, 3.05) is 5.73 Å². The standard InChI is InChI=1S/C20H24N8O2/c1-3-16(29)13(2)18(30-11-14-7-5-4-6-8-14)20-24-25-26-28(20)17-10-9-15-19(21)22-12-23-27(15)17/h4-10,12-13,16,18,29H,3,11H2,1-2H3,(H2,21,22,23)/t13-,16-,18-/m1/s1. The molecule has 30 heavy (non-hydrogen) atoms. The molecule has 0 aliphatic heterocycles. The lowest BCUT2D eigenvalue weighted by Crippen LogP contribution is -2.28. The van der Waals surface area contributed by atoms with Gasteiger partial charge in [-0.1, -0.05) is 44.2 Å². The van der Waals surface area contributed by atoms with Crippen LogP contribution in [0.25, 0.3) is 11.3 Å². The van der Waals surface area contributed by atoms with E-state index in [0.29, 0.717) is 36.0 Å². The zero-order chi connectivity index (χ0) is 21.1. The van der Waals surface area contributed by atoms with Crippen LogP contribution in [0.1, 0.15) is 37.8 Å². The van der Waals surface area contributed by atoms with Crippen LogP contribution in [0.4, 0.5) is 5.82 Å². The largest absolute Gasteiger partial charge is 0.393 e. The van der Waals surface area contributed by atoms with Crippen LogP contribution in [0, 0.1) is 5.92 Å². The van der Waals surface area contributed by atoms with Crippen LogP contribution in [0.15, 0.2) is 48.8 Å².